The minimum Gasteiger partial charge on any atom is -0.272 e. The number of rotatable bonds is 7. The monoisotopic (exact) mass is 592 g/mol. The van der Waals surface area contributed by atoms with E-state index in [2.05, 4.69) is 26.5 Å². The average Bonchev–Trinajstić information content (AvgIpc) is 3.27. The van der Waals surface area contributed by atoms with Crippen molar-refractivity contribution in [3.63, 3.8) is 0 Å². The first kappa shape index (κ1) is 25.6. The van der Waals surface area contributed by atoms with Crippen LogP contribution in [0.4, 0.5) is 0 Å². The quantitative estimate of drug-likeness (QED) is 0.119. The molecule has 37 heavy (non-hydrogen) atoms. The van der Waals surface area contributed by atoms with Crippen LogP contribution in [0.1, 0.15) is 34.4 Å². The molecular weight excluding hydrogens is 568 g/mol. The fraction of sp³-hybridized carbons (Fsp3) is 0.214. The smallest absolute Gasteiger partial charge is 0.267 e. The van der Waals surface area contributed by atoms with Crippen molar-refractivity contribution < 1.29 is 4.79 Å². The fourth-order valence-corrected chi connectivity index (χ4v) is 6.75. The second-order valence-corrected chi connectivity index (χ2v) is 11.7. The van der Waals surface area contributed by atoms with Gasteiger partial charge in [-0.15, -0.1) is 11.3 Å². The molecule has 2 aromatic carbocycles. The van der Waals surface area contributed by atoms with Gasteiger partial charge in [-0.05, 0) is 77.9 Å². The van der Waals surface area contributed by atoms with E-state index >= 15 is 0 Å². The molecule has 0 atom stereocenters. The lowest BCUT2D eigenvalue weighted by atomic mass is 9.97. The number of fused-ring (bicyclic) bond motifs is 3. The van der Waals surface area contributed by atoms with Gasteiger partial charge in [0, 0.05) is 9.36 Å². The summed E-state index contributed by atoms with van der Waals surface area (Å²) in [6, 6.07) is 17.6. The van der Waals surface area contributed by atoms with E-state index < -0.39 is 0 Å². The van der Waals surface area contributed by atoms with Gasteiger partial charge >= 0.3 is 0 Å². The Balaban J connectivity index is 1.38. The van der Waals surface area contributed by atoms with Gasteiger partial charge in [-0.2, -0.15) is 5.10 Å². The zero-order chi connectivity index (χ0) is 25.8. The van der Waals surface area contributed by atoms with Gasteiger partial charge in [-0.3, -0.25) is 14.2 Å². The summed E-state index contributed by atoms with van der Waals surface area (Å²) in [5, 5.41) is 5.28. The standard InChI is InChI=1S/C28H25BrN4O2S2/c1-18-11-13-21(14-12-18)33-27(35)25-22-9-5-6-10-23(22)37-26(25)31-28(33)36-17-24(34)32-30-16-20(29)15-19-7-3-2-4-8-19/h2-4,7-8,11-16H,5-6,9-10,17H2,1H3,(H,32,34). The third-order valence-corrected chi connectivity index (χ3v) is 8.62. The third kappa shape index (κ3) is 5.95. The zero-order valence-electron chi connectivity index (χ0n) is 20.2. The highest BCUT2D eigenvalue weighted by Crippen LogP contribution is 2.35. The first-order valence-electron chi connectivity index (χ1n) is 12.0. The number of hydrogen-bond acceptors (Lipinski definition) is 6. The molecule has 1 amide bonds. The van der Waals surface area contributed by atoms with Crippen molar-refractivity contribution in [3.8, 4) is 5.69 Å². The fourth-order valence-electron chi connectivity index (χ4n) is 4.28. The molecule has 0 saturated heterocycles. The zero-order valence-corrected chi connectivity index (χ0v) is 23.5. The van der Waals surface area contributed by atoms with E-state index in [-0.39, 0.29) is 17.2 Å². The van der Waals surface area contributed by atoms with Gasteiger partial charge in [0.05, 0.1) is 23.0 Å². The lowest BCUT2D eigenvalue weighted by molar-refractivity contribution is -0.118. The number of hydrazone groups is 1. The summed E-state index contributed by atoms with van der Waals surface area (Å²) in [7, 11) is 0. The number of thioether (sulfide) groups is 1. The Morgan fingerprint density at radius 1 is 1.16 bits per heavy atom. The van der Waals surface area contributed by atoms with Gasteiger partial charge in [0.1, 0.15) is 4.83 Å². The summed E-state index contributed by atoms with van der Waals surface area (Å²) < 4.78 is 2.37. The van der Waals surface area contributed by atoms with Crippen LogP contribution in [0.2, 0.25) is 0 Å². The lowest BCUT2D eigenvalue weighted by Gasteiger charge is -2.13. The number of thiophene rings is 1. The Morgan fingerprint density at radius 3 is 2.70 bits per heavy atom. The van der Waals surface area contributed by atoms with E-state index in [1.165, 1.54) is 22.9 Å². The molecule has 0 fully saturated rings. The molecule has 5 rings (SSSR count). The Bertz CT molecular complexity index is 1560. The highest BCUT2D eigenvalue weighted by Gasteiger charge is 2.23. The van der Waals surface area contributed by atoms with E-state index in [0.717, 1.165) is 62.8 Å². The van der Waals surface area contributed by atoms with E-state index in [0.29, 0.717) is 5.16 Å². The van der Waals surface area contributed by atoms with Crippen molar-refractivity contribution >= 4 is 67.4 Å². The summed E-state index contributed by atoms with van der Waals surface area (Å²) in [5.41, 5.74) is 6.52. The summed E-state index contributed by atoms with van der Waals surface area (Å²) in [4.78, 5) is 33.3. The van der Waals surface area contributed by atoms with E-state index in [1.807, 2.05) is 67.6 Å². The Hall–Kier alpha value is -3.01. The van der Waals surface area contributed by atoms with Gasteiger partial charge < -0.3 is 0 Å². The minimum atomic E-state index is -0.281. The van der Waals surface area contributed by atoms with Crippen LogP contribution in [0.5, 0.6) is 0 Å². The van der Waals surface area contributed by atoms with E-state index in [9.17, 15) is 9.59 Å². The molecule has 188 valence electrons. The molecule has 0 saturated carbocycles. The minimum absolute atomic E-state index is 0.0656. The average molecular weight is 594 g/mol. The van der Waals surface area contributed by atoms with Crippen LogP contribution in [0, 0.1) is 6.92 Å². The topological polar surface area (TPSA) is 76.3 Å². The van der Waals surface area contributed by atoms with Crippen molar-refractivity contribution in [2.75, 3.05) is 5.75 Å². The Kier molecular flexibility index (Phi) is 8.02. The van der Waals surface area contributed by atoms with Crippen molar-refractivity contribution in [3.05, 3.63) is 91.0 Å². The van der Waals surface area contributed by atoms with Gasteiger partial charge in [-0.1, -0.05) is 59.8 Å². The number of allylic oxidation sites excluding steroid dienone is 1. The summed E-state index contributed by atoms with van der Waals surface area (Å²) in [6.45, 7) is 2.01. The number of aromatic nitrogens is 2. The maximum absolute atomic E-state index is 13.8. The first-order valence-corrected chi connectivity index (χ1v) is 14.6. The van der Waals surface area contributed by atoms with Crippen LogP contribution in [0.15, 0.2) is 74.1 Å². The van der Waals surface area contributed by atoms with Crippen LogP contribution < -0.4 is 11.0 Å². The van der Waals surface area contributed by atoms with Crippen LogP contribution in [0.25, 0.3) is 22.0 Å². The van der Waals surface area contributed by atoms with Gasteiger partial charge in [0.2, 0.25) is 0 Å². The number of carbonyl (C=O) groups excluding carboxylic acids is 1. The van der Waals surface area contributed by atoms with Crippen molar-refractivity contribution in [1.82, 2.24) is 15.0 Å². The Labute approximate surface area is 231 Å². The normalized spacial score (nSPS) is 13.7. The number of hydrogen-bond donors (Lipinski definition) is 1. The van der Waals surface area contributed by atoms with Crippen LogP contribution in [-0.4, -0.2) is 27.4 Å². The van der Waals surface area contributed by atoms with Gasteiger partial charge in [0.15, 0.2) is 5.16 Å². The second kappa shape index (κ2) is 11.6. The molecule has 1 aliphatic rings. The molecule has 1 aliphatic carbocycles. The largest absolute Gasteiger partial charge is 0.272 e. The highest BCUT2D eigenvalue weighted by atomic mass is 79.9. The number of benzene rings is 2. The molecule has 2 heterocycles. The second-order valence-electron chi connectivity index (χ2n) is 8.78. The summed E-state index contributed by atoms with van der Waals surface area (Å²) >= 11 is 6.29. The number of carbonyl (C=O) groups is 1. The first-order chi connectivity index (χ1) is 18.0. The summed E-state index contributed by atoms with van der Waals surface area (Å²) in [5.74, 6) is -0.205. The highest BCUT2D eigenvalue weighted by molar-refractivity contribution is 9.12. The molecule has 0 radical (unpaired) electrons. The number of nitrogens with zero attached hydrogens (tertiary/aromatic N) is 3. The summed E-state index contributed by atoms with van der Waals surface area (Å²) in [6.07, 6.45) is 7.60. The van der Waals surface area contributed by atoms with Crippen LogP contribution in [-0.2, 0) is 17.6 Å². The van der Waals surface area contributed by atoms with E-state index in [4.69, 9.17) is 4.98 Å². The molecular formula is C28H25BrN4O2S2. The molecule has 6 nitrogen and oxygen atoms in total. The van der Waals surface area contributed by atoms with Crippen molar-refractivity contribution in [1.29, 1.82) is 0 Å². The maximum atomic E-state index is 13.8. The number of amides is 1. The van der Waals surface area contributed by atoms with Crippen molar-refractivity contribution in [2.45, 2.75) is 37.8 Å². The Morgan fingerprint density at radius 2 is 1.92 bits per heavy atom. The molecule has 0 spiro atoms. The molecule has 0 unspecified atom stereocenters. The SMILES string of the molecule is Cc1ccc(-n2c(SCC(=O)NN=CC(Br)=Cc3ccccc3)nc3sc4c(c3c2=O)CCCC4)cc1. The maximum Gasteiger partial charge on any atom is 0.267 e. The lowest BCUT2D eigenvalue weighted by Crippen LogP contribution is -2.24. The third-order valence-electron chi connectivity index (χ3n) is 6.06. The van der Waals surface area contributed by atoms with Gasteiger partial charge in [-0.25, -0.2) is 10.4 Å². The van der Waals surface area contributed by atoms with Crippen LogP contribution >= 0.6 is 39.0 Å². The predicted octanol–water partition coefficient (Wildman–Crippen LogP) is 6.26. The molecule has 0 bridgehead atoms. The number of aryl methyl sites for hydroxylation is 3. The number of nitrogens with one attached hydrogen (secondary N) is 1. The number of halogens is 1. The van der Waals surface area contributed by atoms with Crippen LogP contribution in [0.3, 0.4) is 0 Å². The molecule has 9 heteroatoms. The van der Waals surface area contributed by atoms with E-state index in [1.54, 1.807) is 15.9 Å². The molecule has 0 aliphatic heterocycles. The predicted molar refractivity (Wildman–Crippen MR) is 157 cm³/mol. The van der Waals surface area contributed by atoms with Crippen molar-refractivity contribution in [2.24, 2.45) is 5.10 Å². The molecule has 1 N–H and O–H groups in total. The molecule has 2 aromatic heterocycles. The van der Waals surface area contributed by atoms with Gasteiger partial charge in [0.25, 0.3) is 11.5 Å². The molecule has 4 aromatic rings.